The van der Waals surface area contributed by atoms with E-state index in [-0.39, 0.29) is 12.5 Å². The standard InChI is InChI=1S/C15H21NO4S/c1-19-11-12-20-10-4-8-16-15(18)14-7-6-13(21-14)5-2-3-9-17/h6-7,17H,3-4,8-12H2,1H3,(H,16,18). The van der Waals surface area contributed by atoms with E-state index in [1.807, 2.05) is 6.07 Å². The molecule has 1 amide bonds. The maximum atomic E-state index is 11.9. The van der Waals surface area contributed by atoms with Gasteiger partial charge in [0.2, 0.25) is 0 Å². The van der Waals surface area contributed by atoms with Gasteiger partial charge >= 0.3 is 0 Å². The van der Waals surface area contributed by atoms with Gasteiger partial charge in [-0.1, -0.05) is 11.8 Å². The molecule has 2 N–H and O–H groups in total. The molecule has 0 saturated heterocycles. The van der Waals surface area contributed by atoms with Gasteiger partial charge in [0.15, 0.2) is 0 Å². The molecule has 0 atom stereocenters. The number of nitrogens with one attached hydrogen (secondary N) is 1. The average Bonchev–Trinajstić information content (AvgIpc) is 2.95. The zero-order valence-electron chi connectivity index (χ0n) is 12.2. The highest BCUT2D eigenvalue weighted by atomic mass is 32.1. The molecule has 0 spiro atoms. The minimum absolute atomic E-state index is 0.0537. The lowest BCUT2D eigenvalue weighted by atomic mass is 10.3. The van der Waals surface area contributed by atoms with Crippen LogP contribution >= 0.6 is 11.3 Å². The van der Waals surface area contributed by atoms with Gasteiger partial charge in [-0.05, 0) is 18.6 Å². The molecule has 0 aliphatic carbocycles. The highest BCUT2D eigenvalue weighted by molar-refractivity contribution is 7.14. The number of methoxy groups -OCH3 is 1. The van der Waals surface area contributed by atoms with Crippen molar-refractivity contribution in [2.45, 2.75) is 12.8 Å². The van der Waals surface area contributed by atoms with E-state index in [9.17, 15) is 4.79 Å². The summed E-state index contributed by atoms with van der Waals surface area (Å²) in [4.78, 5) is 13.3. The first-order chi connectivity index (χ1) is 10.3. The van der Waals surface area contributed by atoms with Crippen LogP contribution in [0.25, 0.3) is 0 Å². The van der Waals surface area contributed by atoms with E-state index in [1.165, 1.54) is 11.3 Å². The molecule has 0 aromatic carbocycles. The fourth-order valence-corrected chi connectivity index (χ4v) is 2.24. The highest BCUT2D eigenvalue weighted by Crippen LogP contribution is 2.15. The van der Waals surface area contributed by atoms with Crippen LogP contribution in [0.2, 0.25) is 0 Å². The van der Waals surface area contributed by atoms with E-state index in [0.717, 1.165) is 11.3 Å². The Morgan fingerprint density at radius 2 is 2.24 bits per heavy atom. The van der Waals surface area contributed by atoms with Crippen molar-refractivity contribution < 1.29 is 19.4 Å². The molecular formula is C15H21NO4S. The van der Waals surface area contributed by atoms with E-state index in [1.54, 1.807) is 13.2 Å². The van der Waals surface area contributed by atoms with Crippen molar-refractivity contribution in [3.05, 3.63) is 21.9 Å². The van der Waals surface area contributed by atoms with Gasteiger partial charge in [-0.25, -0.2) is 0 Å². The number of ether oxygens (including phenoxy) is 2. The number of rotatable bonds is 9. The highest BCUT2D eigenvalue weighted by Gasteiger charge is 2.07. The molecule has 0 radical (unpaired) electrons. The second-order valence-electron chi connectivity index (χ2n) is 4.15. The van der Waals surface area contributed by atoms with Crippen LogP contribution in [-0.4, -0.2) is 51.1 Å². The lowest BCUT2D eigenvalue weighted by Gasteiger charge is -2.04. The Morgan fingerprint density at radius 3 is 3.00 bits per heavy atom. The van der Waals surface area contributed by atoms with Crippen molar-refractivity contribution in [2.24, 2.45) is 0 Å². The minimum atomic E-state index is -0.0906. The molecular weight excluding hydrogens is 290 g/mol. The van der Waals surface area contributed by atoms with Crippen LogP contribution in [-0.2, 0) is 9.47 Å². The monoisotopic (exact) mass is 311 g/mol. The van der Waals surface area contributed by atoms with Crippen LogP contribution in [0.3, 0.4) is 0 Å². The molecule has 1 aromatic heterocycles. The van der Waals surface area contributed by atoms with E-state index in [0.29, 0.717) is 37.7 Å². The molecule has 1 rings (SSSR count). The summed E-state index contributed by atoms with van der Waals surface area (Å²) < 4.78 is 10.2. The Balaban J connectivity index is 2.22. The Hall–Kier alpha value is -1.39. The third kappa shape index (κ3) is 7.83. The molecule has 5 nitrogen and oxygen atoms in total. The van der Waals surface area contributed by atoms with E-state index in [4.69, 9.17) is 14.6 Å². The summed E-state index contributed by atoms with van der Waals surface area (Å²) in [6.45, 7) is 2.40. The Kier molecular flexibility index (Phi) is 9.49. The Labute approximate surface area is 129 Å². The largest absolute Gasteiger partial charge is 0.395 e. The third-order valence-electron chi connectivity index (χ3n) is 2.46. The minimum Gasteiger partial charge on any atom is -0.395 e. The zero-order valence-corrected chi connectivity index (χ0v) is 13.0. The molecule has 6 heteroatoms. The summed E-state index contributed by atoms with van der Waals surface area (Å²) >= 11 is 1.35. The smallest absolute Gasteiger partial charge is 0.261 e. The van der Waals surface area contributed by atoms with Gasteiger partial charge in [0.1, 0.15) is 0 Å². The van der Waals surface area contributed by atoms with Crippen molar-refractivity contribution in [2.75, 3.05) is 40.1 Å². The predicted molar refractivity (Wildman–Crippen MR) is 82.5 cm³/mol. The van der Waals surface area contributed by atoms with Gasteiger partial charge in [0.25, 0.3) is 5.91 Å². The van der Waals surface area contributed by atoms with Crippen LogP contribution in [0.4, 0.5) is 0 Å². The van der Waals surface area contributed by atoms with E-state index < -0.39 is 0 Å². The molecule has 0 saturated carbocycles. The van der Waals surface area contributed by atoms with Gasteiger partial charge in [-0.3, -0.25) is 4.79 Å². The number of hydrogen-bond donors (Lipinski definition) is 2. The summed E-state index contributed by atoms with van der Waals surface area (Å²) in [5, 5.41) is 11.5. The Morgan fingerprint density at radius 1 is 1.38 bits per heavy atom. The van der Waals surface area contributed by atoms with Crippen molar-refractivity contribution in [1.82, 2.24) is 5.32 Å². The topological polar surface area (TPSA) is 67.8 Å². The first kappa shape index (κ1) is 17.7. The van der Waals surface area contributed by atoms with E-state index in [2.05, 4.69) is 17.2 Å². The molecule has 0 fully saturated rings. The van der Waals surface area contributed by atoms with Gasteiger partial charge < -0.3 is 19.9 Å². The fourth-order valence-electron chi connectivity index (χ4n) is 1.44. The molecule has 1 heterocycles. The van der Waals surface area contributed by atoms with Crippen LogP contribution in [0.5, 0.6) is 0 Å². The number of carbonyl (C=O) groups is 1. The van der Waals surface area contributed by atoms with Crippen molar-refractivity contribution in [1.29, 1.82) is 0 Å². The summed E-state index contributed by atoms with van der Waals surface area (Å²) in [7, 11) is 1.63. The van der Waals surface area contributed by atoms with Crippen molar-refractivity contribution >= 4 is 17.2 Å². The summed E-state index contributed by atoms with van der Waals surface area (Å²) in [5.41, 5.74) is 0. The summed E-state index contributed by atoms with van der Waals surface area (Å²) in [6, 6.07) is 3.58. The lowest BCUT2D eigenvalue weighted by molar-refractivity contribution is 0.0688. The number of hydrogen-bond acceptors (Lipinski definition) is 5. The second-order valence-corrected chi connectivity index (χ2v) is 5.24. The van der Waals surface area contributed by atoms with Crippen molar-refractivity contribution in [3.63, 3.8) is 0 Å². The fraction of sp³-hybridized carbons (Fsp3) is 0.533. The zero-order chi connectivity index (χ0) is 15.3. The van der Waals surface area contributed by atoms with Crippen molar-refractivity contribution in [3.8, 4) is 11.8 Å². The Bertz CT molecular complexity index is 476. The van der Waals surface area contributed by atoms with E-state index >= 15 is 0 Å². The molecule has 0 aliphatic rings. The van der Waals surface area contributed by atoms with Crippen LogP contribution in [0, 0.1) is 11.8 Å². The molecule has 0 aliphatic heterocycles. The summed E-state index contributed by atoms with van der Waals surface area (Å²) in [5.74, 6) is 5.66. The van der Waals surface area contributed by atoms with Gasteiger partial charge in [0, 0.05) is 26.7 Å². The van der Waals surface area contributed by atoms with Gasteiger partial charge in [-0.15, -0.1) is 11.3 Å². The molecule has 21 heavy (non-hydrogen) atoms. The molecule has 0 unspecified atom stereocenters. The van der Waals surface area contributed by atoms with Crippen LogP contribution in [0.15, 0.2) is 12.1 Å². The first-order valence-electron chi connectivity index (χ1n) is 6.82. The quantitative estimate of drug-likeness (QED) is 0.532. The number of aliphatic hydroxyl groups excluding tert-OH is 1. The first-order valence-corrected chi connectivity index (χ1v) is 7.64. The molecule has 1 aromatic rings. The number of carbonyl (C=O) groups excluding carboxylic acids is 1. The maximum absolute atomic E-state index is 11.9. The predicted octanol–water partition coefficient (Wildman–Crippen LogP) is 1.26. The SMILES string of the molecule is COCCOCCCNC(=O)c1ccc(C#CCCO)s1. The molecule has 116 valence electrons. The second kappa shape index (κ2) is 11.3. The van der Waals surface area contributed by atoms with Crippen LogP contribution < -0.4 is 5.32 Å². The summed E-state index contributed by atoms with van der Waals surface area (Å²) in [6.07, 6.45) is 1.21. The van der Waals surface area contributed by atoms with Crippen LogP contribution in [0.1, 0.15) is 27.4 Å². The number of aliphatic hydroxyl groups is 1. The van der Waals surface area contributed by atoms with Gasteiger partial charge in [-0.2, -0.15) is 0 Å². The number of amides is 1. The normalized spacial score (nSPS) is 10.0. The third-order valence-corrected chi connectivity index (χ3v) is 3.46. The van der Waals surface area contributed by atoms with Gasteiger partial charge in [0.05, 0.1) is 29.6 Å². The maximum Gasteiger partial charge on any atom is 0.261 e. The number of thiophene rings is 1. The average molecular weight is 311 g/mol. The molecule has 0 bridgehead atoms. The lowest BCUT2D eigenvalue weighted by Crippen LogP contribution is -2.24.